The summed E-state index contributed by atoms with van der Waals surface area (Å²) in [6.07, 6.45) is 18.7. The van der Waals surface area contributed by atoms with Crippen LogP contribution in [0.25, 0.3) is 0 Å². The molecule has 0 saturated heterocycles. The minimum atomic E-state index is -0.219. The first-order chi connectivity index (χ1) is 19.1. The first-order valence-corrected chi connectivity index (χ1v) is 14.9. The smallest absolute Gasteiger partial charge is 0.255 e. The fourth-order valence-electron chi connectivity index (χ4n) is 4.89. The van der Waals surface area contributed by atoms with E-state index < -0.39 is 0 Å². The van der Waals surface area contributed by atoms with Crippen LogP contribution in [0.15, 0.2) is 66.7 Å². The van der Waals surface area contributed by atoms with Crippen molar-refractivity contribution in [1.29, 1.82) is 0 Å². The average molecular weight is 530 g/mol. The van der Waals surface area contributed by atoms with E-state index in [2.05, 4.69) is 24.4 Å². The standard InChI is InChI=1S/C34H47N3O2/c1-2-3-4-5-6-7-8-9-10-11-12-13-15-19-27-20-18-23-30(24-27)39-33-31(35)25-29(26-32(33)36)37-34(38)28-21-16-14-17-22-28/h14,16-18,20-26H,2-13,15,19,35-36H2,1H3,(H,37,38). The van der Waals surface area contributed by atoms with Crippen molar-refractivity contribution in [3.63, 3.8) is 0 Å². The van der Waals surface area contributed by atoms with Crippen LogP contribution >= 0.6 is 0 Å². The molecule has 0 aliphatic heterocycles. The van der Waals surface area contributed by atoms with Crippen LogP contribution in [0.2, 0.25) is 0 Å². The van der Waals surface area contributed by atoms with E-state index in [0.29, 0.717) is 34.1 Å². The molecule has 0 aliphatic rings. The molecule has 0 fully saturated rings. The molecule has 5 nitrogen and oxygen atoms in total. The van der Waals surface area contributed by atoms with Gasteiger partial charge < -0.3 is 21.5 Å². The molecular weight excluding hydrogens is 482 g/mol. The number of nitrogens with two attached hydrogens (primary N) is 2. The van der Waals surface area contributed by atoms with E-state index in [4.69, 9.17) is 16.2 Å². The number of rotatable bonds is 18. The molecule has 0 saturated carbocycles. The summed E-state index contributed by atoms with van der Waals surface area (Å²) in [6.45, 7) is 2.28. The van der Waals surface area contributed by atoms with Crippen molar-refractivity contribution in [3.8, 4) is 11.5 Å². The van der Waals surface area contributed by atoms with Crippen LogP contribution in [0, 0.1) is 0 Å². The van der Waals surface area contributed by atoms with Gasteiger partial charge in [-0.05, 0) is 54.8 Å². The molecule has 3 rings (SSSR count). The van der Waals surface area contributed by atoms with Gasteiger partial charge in [0.2, 0.25) is 0 Å². The predicted octanol–water partition coefficient (Wildman–Crippen LogP) is 9.53. The largest absolute Gasteiger partial charge is 0.453 e. The molecule has 0 radical (unpaired) electrons. The summed E-state index contributed by atoms with van der Waals surface area (Å²) in [5, 5.41) is 2.84. The van der Waals surface area contributed by atoms with Gasteiger partial charge in [0.25, 0.3) is 5.91 Å². The fourth-order valence-corrected chi connectivity index (χ4v) is 4.89. The van der Waals surface area contributed by atoms with Gasteiger partial charge in [-0.15, -0.1) is 0 Å². The van der Waals surface area contributed by atoms with Crippen LogP contribution in [-0.2, 0) is 6.42 Å². The number of unbranched alkanes of at least 4 members (excludes halogenated alkanes) is 12. The van der Waals surface area contributed by atoms with E-state index >= 15 is 0 Å². The number of benzene rings is 3. The minimum absolute atomic E-state index is 0.219. The van der Waals surface area contributed by atoms with Crippen molar-refractivity contribution in [1.82, 2.24) is 0 Å². The average Bonchev–Trinajstić information content (AvgIpc) is 2.94. The number of carbonyl (C=O) groups excluding carboxylic acids is 1. The first-order valence-electron chi connectivity index (χ1n) is 14.9. The SMILES string of the molecule is CCCCCCCCCCCCCCCc1cccc(Oc2c(N)cc(NC(=O)c3ccccc3)cc2N)c1. The van der Waals surface area contributed by atoms with Gasteiger partial charge in [-0.3, -0.25) is 4.79 Å². The molecule has 0 bridgehead atoms. The van der Waals surface area contributed by atoms with Gasteiger partial charge >= 0.3 is 0 Å². The van der Waals surface area contributed by atoms with Gasteiger partial charge in [-0.1, -0.05) is 114 Å². The lowest BCUT2D eigenvalue weighted by Crippen LogP contribution is -2.12. The Balaban J connectivity index is 1.38. The second-order valence-electron chi connectivity index (χ2n) is 10.5. The number of aryl methyl sites for hydroxylation is 1. The number of hydrogen-bond donors (Lipinski definition) is 3. The zero-order chi connectivity index (χ0) is 27.7. The molecule has 0 atom stereocenters. The van der Waals surface area contributed by atoms with E-state index in [1.165, 1.54) is 89.0 Å². The Morgan fingerprint density at radius 3 is 1.85 bits per heavy atom. The van der Waals surface area contributed by atoms with Gasteiger partial charge in [0.1, 0.15) is 5.75 Å². The fraction of sp³-hybridized carbons (Fsp3) is 0.441. The highest BCUT2D eigenvalue weighted by molar-refractivity contribution is 6.04. The lowest BCUT2D eigenvalue weighted by atomic mass is 10.0. The molecule has 210 valence electrons. The van der Waals surface area contributed by atoms with Crippen molar-refractivity contribution < 1.29 is 9.53 Å². The number of anilines is 3. The number of nitrogens with one attached hydrogen (secondary N) is 1. The molecule has 0 aromatic heterocycles. The third-order valence-electron chi connectivity index (χ3n) is 7.13. The van der Waals surface area contributed by atoms with E-state index in [1.54, 1.807) is 24.3 Å². The Morgan fingerprint density at radius 1 is 0.692 bits per heavy atom. The molecule has 0 heterocycles. The maximum Gasteiger partial charge on any atom is 0.255 e. The topological polar surface area (TPSA) is 90.4 Å². The summed E-state index contributed by atoms with van der Waals surface area (Å²) in [5.41, 5.74) is 15.6. The van der Waals surface area contributed by atoms with Gasteiger partial charge in [0, 0.05) is 11.3 Å². The maximum absolute atomic E-state index is 12.5. The molecule has 1 amide bonds. The Hall–Kier alpha value is -3.47. The molecule has 0 unspecified atom stereocenters. The molecule has 0 spiro atoms. The number of amides is 1. The molecule has 3 aromatic rings. The zero-order valence-corrected chi connectivity index (χ0v) is 23.7. The number of nitrogen functional groups attached to an aromatic ring is 2. The van der Waals surface area contributed by atoms with Crippen molar-refractivity contribution in [2.24, 2.45) is 0 Å². The van der Waals surface area contributed by atoms with Crippen molar-refractivity contribution >= 4 is 23.0 Å². The number of hydrogen-bond acceptors (Lipinski definition) is 4. The summed E-state index contributed by atoms with van der Waals surface area (Å²) in [7, 11) is 0. The maximum atomic E-state index is 12.5. The van der Waals surface area contributed by atoms with Gasteiger partial charge in [0.15, 0.2) is 5.75 Å². The number of ether oxygens (including phenoxy) is 1. The van der Waals surface area contributed by atoms with E-state index in [-0.39, 0.29) is 5.91 Å². The van der Waals surface area contributed by atoms with Crippen LogP contribution in [0.4, 0.5) is 17.1 Å². The van der Waals surface area contributed by atoms with Crippen molar-refractivity contribution in [2.75, 3.05) is 16.8 Å². The predicted molar refractivity (Wildman–Crippen MR) is 166 cm³/mol. The lowest BCUT2D eigenvalue weighted by molar-refractivity contribution is 0.102. The highest BCUT2D eigenvalue weighted by atomic mass is 16.5. The summed E-state index contributed by atoms with van der Waals surface area (Å²) in [5.74, 6) is 0.899. The Morgan fingerprint density at radius 2 is 1.26 bits per heavy atom. The van der Waals surface area contributed by atoms with Crippen LogP contribution in [-0.4, -0.2) is 5.91 Å². The summed E-state index contributed by atoms with van der Waals surface area (Å²) >= 11 is 0. The van der Waals surface area contributed by atoms with E-state index in [0.717, 1.165) is 6.42 Å². The zero-order valence-electron chi connectivity index (χ0n) is 23.7. The second-order valence-corrected chi connectivity index (χ2v) is 10.5. The van der Waals surface area contributed by atoms with Crippen LogP contribution in [0.1, 0.15) is 106 Å². The normalized spacial score (nSPS) is 10.9. The van der Waals surface area contributed by atoms with E-state index in [1.807, 2.05) is 30.3 Å². The minimum Gasteiger partial charge on any atom is -0.453 e. The van der Waals surface area contributed by atoms with Crippen molar-refractivity contribution in [2.45, 2.75) is 96.8 Å². The monoisotopic (exact) mass is 529 g/mol. The van der Waals surface area contributed by atoms with Gasteiger partial charge in [0.05, 0.1) is 11.4 Å². The summed E-state index contributed by atoms with van der Waals surface area (Å²) in [6, 6.07) is 20.5. The van der Waals surface area contributed by atoms with Gasteiger partial charge in [-0.2, -0.15) is 0 Å². The summed E-state index contributed by atoms with van der Waals surface area (Å²) < 4.78 is 6.08. The number of carbonyl (C=O) groups is 1. The second kappa shape index (κ2) is 17.2. The molecule has 3 aromatic carbocycles. The Kier molecular flexibility index (Phi) is 13.3. The Labute approximate surface area is 235 Å². The molecular formula is C34H47N3O2. The third-order valence-corrected chi connectivity index (χ3v) is 7.13. The lowest BCUT2D eigenvalue weighted by Gasteiger charge is -2.14. The molecule has 5 heteroatoms. The highest BCUT2D eigenvalue weighted by Crippen LogP contribution is 2.36. The molecule has 0 aliphatic carbocycles. The van der Waals surface area contributed by atoms with Crippen LogP contribution < -0.4 is 21.5 Å². The van der Waals surface area contributed by atoms with Gasteiger partial charge in [-0.25, -0.2) is 0 Å². The van der Waals surface area contributed by atoms with Crippen LogP contribution in [0.3, 0.4) is 0 Å². The van der Waals surface area contributed by atoms with Crippen LogP contribution in [0.5, 0.6) is 11.5 Å². The highest BCUT2D eigenvalue weighted by Gasteiger charge is 2.12. The molecule has 5 N–H and O–H groups in total. The quantitative estimate of drug-likeness (QED) is 0.113. The Bertz CT molecular complexity index is 1110. The third kappa shape index (κ3) is 11.0. The van der Waals surface area contributed by atoms with Crippen molar-refractivity contribution in [3.05, 3.63) is 77.9 Å². The first kappa shape index (κ1) is 30.1. The molecule has 39 heavy (non-hydrogen) atoms. The summed E-state index contributed by atoms with van der Waals surface area (Å²) in [4.78, 5) is 12.5. The van der Waals surface area contributed by atoms with E-state index in [9.17, 15) is 4.79 Å².